The number of carbonyl (C=O) groups excluding carboxylic acids is 2. The third-order valence-corrected chi connectivity index (χ3v) is 6.23. The molecule has 0 spiro atoms. The summed E-state index contributed by atoms with van der Waals surface area (Å²) in [7, 11) is 0. The number of aliphatic hydroxyl groups excluding tert-OH is 1. The van der Waals surface area contributed by atoms with E-state index >= 15 is 0 Å². The fourth-order valence-electron chi connectivity index (χ4n) is 3.48. The molecule has 0 bridgehead atoms. The molecule has 2 amide bonds. The number of carbonyl (C=O) groups is 3. The Morgan fingerprint density at radius 3 is 2.54 bits per heavy atom. The average molecular weight is 379 g/mol. The number of β-lactam (4-membered cyclic amide) rings is 1. The van der Waals surface area contributed by atoms with Gasteiger partial charge in [-0.05, 0) is 19.4 Å². The van der Waals surface area contributed by atoms with Gasteiger partial charge in [0.1, 0.15) is 23.5 Å². The summed E-state index contributed by atoms with van der Waals surface area (Å²) in [6.45, 7) is 3.16. The smallest absolute Gasteiger partial charge is 0.327 e. The second-order valence-corrected chi connectivity index (χ2v) is 8.56. The van der Waals surface area contributed by atoms with E-state index in [9.17, 15) is 24.6 Å². The molecule has 140 valence electrons. The highest BCUT2D eigenvalue weighted by Gasteiger charge is 2.64. The SMILES string of the molecule is CC1(C)SC2C(NC(=O)C(NCO)c3ccccc3)C(=O)N2C1C(=O)O. The first-order chi connectivity index (χ1) is 12.3. The maximum atomic E-state index is 12.7. The molecule has 0 aromatic heterocycles. The fourth-order valence-corrected chi connectivity index (χ4v) is 5.11. The highest BCUT2D eigenvalue weighted by molar-refractivity contribution is 8.01. The van der Waals surface area contributed by atoms with Crippen LogP contribution in [0.2, 0.25) is 0 Å². The van der Waals surface area contributed by atoms with Crippen LogP contribution in [0, 0.1) is 0 Å². The second kappa shape index (κ2) is 6.90. The molecule has 1 aromatic rings. The van der Waals surface area contributed by atoms with Gasteiger partial charge in [-0.3, -0.25) is 14.9 Å². The molecule has 0 aliphatic carbocycles. The Morgan fingerprint density at radius 1 is 1.31 bits per heavy atom. The number of amides is 2. The van der Waals surface area contributed by atoms with Crippen LogP contribution in [0.1, 0.15) is 25.5 Å². The van der Waals surface area contributed by atoms with E-state index in [0.717, 1.165) is 0 Å². The van der Waals surface area contributed by atoms with Crippen molar-refractivity contribution >= 4 is 29.5 Å². The van der Waals surface area contributed by atoms with Crippen LogP contribution in [0.25, 0.3) is 0 Å². The van der Waals surface area contributed by atoms with Crippen LogP contribution in [-0.4, -0.2) is 61.8 Å². The van der Waals surface area contributed by atoms with E-state index in [1.807, 2.05) is 6.07 Å². The van der Waals surface area contributed by atoms with Crippen LogP contribution in [0.15, 0.2) is 30.3 Å². The molecule has 0 saturated carbocycles. The molecule has 2 heterocycles. The molecular formula is C17H21N3O5S. The molecule has 3 rings (SSSR count). The molecule has 0 radical (unpaired) electrons. The number of rotatable bonds is 6. The molecule has 2 aliphatic heterocycles. The second-order valence-electron chi connectivity index (χ2n) is 6.79. The summed E-state index contributed by atoms with van der Waals surface area (Å²) in [4.78, 5) is 38.0. The summed E-state index contributed by atoms with van der Waals surface area (Å²) in [5.74, 6) is -1.89. The van der Waals surface area contributed by atoms with Crippen LogP contribution in [0.4, 0.5) is 0 Å². The molecule has 2 aliphatic rings. The Kier molecular flexibility index (Phi) is 4.96. The first-order valence-corrected chi connectivity index (χ1v) is 9.08. The summed E-state index contributed by atoms with van der Waals surface area (Å²) >= 11 is 1.37. The molecule has 1 aromatic carbocycles. The lowest BCUT2D eigenvalue weighted by Gasteiger charge is -2.44. The van der Waals surface area contributed by atoms with E-state index < -0.39 is 52.8 Å². The van der Waals surface area contributed by atoms with Crippen molar-refractivity contribution in [3.8, 4) is 0 Å². The molecule has 9 heteroatoms. The van der Waals surface area contributed by atoms with E-state index in [0.29, 0.717) is 5.56 Å². The van der Waals surface area contributed by atoms with Crippen molar-refractivity contribution in [3.63, 3.8) is 0 Å². The Labute approximate surface area is 154 Å². The first kappa shape index (κ1) is 18.7. The molecular weight excluding hydrogens is 358 g/mol. The Morgan fingerprint density at radius 2 is 1.96 bits per heavy atom. The molecule has 26 heavy (non-hydrogen) atoms. The number of carboxylic acid groups (broad SMARTS) is 1. The van der Waals surface area contributed by atoms with Crippen molar-refractivity contribution < 1.29 is 24.6 Å². The van der Waals surface area contributed by atoms with Crippen molar-refractivity contribution in [2.24, 2.45) is 0 Å². The number of carboxylic acids is 1. The van der Waals surface area contributed by atoms with Crippen molar-refractivity contribution in [1.29, 1.82) is 0 Å². The van der Waals surface area contributed by atoms with Gasteiger partial charge in [0.2, 0.25) is 11.8 Å². The third kappa shape index (κ3) is 3.06. The number of hydrogen-bond donors (Lipinski definition) is 4. The highest BCUT2D eigenvalue weighted by atomic mass is 32.2. The van der Waals surface area contributed by atoms with Gasteiger partial charge in [0.05, 0.1) is 6.73 Å². The maximum absolute atomic E-state index is 12.7. The van der Waals surface area contributed by atoms with Crippen molar-refractivity contribution in [1.82, 2.24) is 15.5 Å². The van der Waals surface area contributed by atoms with Gasteiger partial charge in [0.15, 0.2) is 0 Å². The van der Waals surface area contributed by atoms with E-state index in [4.69, 9.17) is 0 Å². The van der Waals surface area contributed by atoms with E-state index in [1.165, 1.54) is 16.7 Å². The van der Waals surface area contributed by atoms with E-state index in [-0.39, 0.29) is 0 Å². The predicted molar refractivity (Wildman–Crippen MR) is 95.1 cm³/mol. The number of fused-ring (bicyclic) bond motifs is 1. The van der Waals surface area contributed by atoms with Crippen LogP contribution in [-0.2, 0) is 14.4 Å². The highest BCUT2D eigenvalue weighted by Crippen LogP contribution is 2.50. The Balaban J connectivity index is 1.74. The standard InChI is InChI=1S/C17H21N3O5S/c1-17(2)12(16(24)25)20-14(23)11(15(20)26-17)19-13(22)10(18-8-21)9-6-4-3-5-7-9/h3-7,10-12,15,18,21H,8H2,1-2H3,(H,19,22)(H,24,25). The summed E-state index contributed by atoms with van der Waals surface area (Å²) in [5.41, 5.74) is 0.658. The van der Waals surface area contributed by atoms with Crippen molar-refractivity contribution in [2.75, 3.05) is 6.73 Å². The summed E-state index contributed by atoms with van der Waals surface area (Å²) in [5, 5.41) is 23.6. The monoisotopic (exact) mass is 379 g/mol. The number of hydrogen-bond acceptors (Lipinski definition) is 6. The number of nitrogens with zero attached hydrogens (tertiary/aromatic N) is 1. The number of thioether (sulfide) groups is 1. The Hall–Kier alpha value is -2.10. The predicted octanol–water partition coefficient (Wildman–Crippen LogP) is -0.101. The maximum Gasteiger partial charge on any atom is 0.327 e. The first-order valence-electron chi connectivity index (χ1n) is 8.20. The molecule has 4 unspecified atom stereocenters. The van der Waals surface area contributed by atoms with Crippen LogP contribution >= 0.6 is 11.8 Å². The largest absolute Gasteiger partial charge is 0.480 e. The normalized spacial score (nSPS) is 27.4. The van der Waals surface area contributed by atoms with Gasteiger partial charge in [0, 0.05) is 4.75 Å². The fraction of sp³-hybridized carbons (Fsp3) is 0.471. The molecule has 2 saturated heterocycles. The average Bonchev–Trinajstić information content (AvgIpc) is 2.86. The summed E-state index contributed by atoms with van der Waals surface area (Å²) < 4.78 is -0.645. The number of aliphatic carboxylic acids is 1. The van der Waals surface area contributed by atoms with Crippen LogP contribution in [0.3, 0.4) is 0 Å². The van der Waals surface area contributed by atoms with Gasteiger partial charge in [-0.1, -0.05) is 30.3 Å². The third-order valence-electron chi connectivity index (χ3n) is 4.66. The lowest BCUT2D eigenvalue weighted by molar-refractivity contribution is -0.161. The zero-order chi connectivity index (χ0) is 19.1. The molecule has 8 nitrogen and oxygen atoms in total. The number of benzene rings is 1. The van der Waals surface area contributed by atoms with Gasteiger partial charge in [-0.25, -0.2) is 4.79 Å². The number of nitrogens with one attached hydrogen (secondary N) is 2. The van der Waals surface area contributed by atoms with E-state index in [1.54, 1.807) is 38.1 Å². The van der Waals surface area contributed by atoms with E-state index in [2.05, 4.69) is 10.6 Å². The number of aliphatic hydroxyl groups is 1. The lowest BCUT2D eigenvalue weighted by Crippen LogP contribution is -2.71. The molecule has 4 atom stereocenters. The summed E-state index contributed by atoms with van der Waals surface area (Å²) in [6.07, 6.45) is 0. The minimum Gasteiger partial charge on any atom is -0.480 e. The van der Waals surface area contributed by atoms with Gasteiger partial charge >= 0.3 is 5.97 Å². The Bertz CT molecular complexity index is 726. The summed E-state index contributed by atoms with van der Waals surface area (Å²) in [6, 6.07) is 6.36. The van der Waals surface area contributed by atoms with Gasteiger partial charge in [-0.15, -0.1) is 11.8 Å². The van der Waals surface area contributed by atoms with Gasteiger partial charge in [0.25, 0.3) is 0 Å². The van der Waals surface area contributed by atoms with Crippen LogP contribution < -0.4 is 10.6 Å². The lowest BCUT2D eigenvalue weighted by atomic mass is 9.95. The zero-order valence-electron chi connectivity index (χ0n) is 14.4. The van der Waals surface area contributed by atoms with Gasteiger partial charge < -0.3 is 20.4 Å². The van der Waals surface area contributed by atoms with Crippen LogP contribution in [0.5, 0.6) is 0 Å². The van der Waals surface area contributed by atoms with Crippen molar-refractivity contribution in [2.45, 2.75) is 42.1 Å². The minimum atomic E-state index is -1.05. The minimum absolute atomic E-state index is 0.398. The van der Waals surface area contributed by atoms with Crippen molar-refractivity contribution in [3.05, 3.63) is 35.9 Å². The quantitative estimate of drug-likeness (QED) is 0.402. The molecule has 2 fully saturated rings. The van der Waals surface area contributed by atoms with Gasteiger partial charge in [-0.2, -0.15) is 0 Å². The topological polar surface area (TPSA) is 119 Å². The molecule has 4 N–H and O–H groups in total. The zero-order valence-corrected chi connectivity index (χ0v) is 15.2.